The first-order valence-corrected chi connectivity index (χ1v) is 15.1. The number of rotatable bonds is 6. The van der Waals surface area contributed by atoms with Crippen LogP contribution in [0.1, 0.15) is 28.7 Å². The first-order chi connectivity index (χ1) is 20.0. The SMILES string of the molecule is Cc1cc2c(cnn2-c2cc(C)c(=O)n(C)c2)cc1C1(Cc2ccccc2)CCN(S(=O)(=O)c2ccc(F)c(F)c2)C1. The molecule has 7 nitrogen and oxygen atoms in total. The highest BCUT2D eigenvalue weighted by molar-refractivity contribution is 7.89. The van der Waals surface area contributed by atoms with Crippen LogP contribution in [0.3, 0.4) is 0 Å². The van der Waals surface area contributed by atoms with E-state index in [0.717, 1.165) is 51.5 Å². The lowest BCUT2D eigenvalue weighted by Crippen LogP contribution is -2.36. The van der Waals surface area contributed by atoms with E-state index in [2.05, 4.69) is 17.2 Å². The van der Waals surface area contributed by atoms with Crippen LogP contribution < -0.4 is 5.56 Å². The van der Waals surface area contributed by atoms with Crippen LogP contribution in [0.2, 0.25) is 0 Å². The van der Waals surface area contributed by atoms with Crippen LogP contribution in [0.25, 0.3) is 16.6 Å². The molecule has 1 unspecified atom stereocenters. The van der Waals surface area contributed by atoms with Gasteiger partial charge in [0.15, 0.2) is 11.6 Å². The van der Waals surface area contributed by atoms with Crippen molar-refractivity contribution in [1.29, 1.82) is 0 Å². The highest BCUT2D eigenvalue weighted by atomic mass is 32.2. The minimum atomic E-state index is -4.07. The number of nitrogens with zero attached hydrogens (tertiary/aromatic N) is 4. The van der Waals surface area contributed by atoms with E-state index in [1.165, 1.54) is 8.87 Å². The summed E-state index contributed by atoms with van der Waals surface area (Å²) < 4.78 is 59.5. The Balaban J connectivity index is 1.45. The molecule has 3 aromatic carbocycles. The summed E-state index contributed by atoms with van der Waals surface area (Å²) in [5.74, 6) is -2.29. The second-order valence-electron chi connectivity index (χ2n) is 11.2. The standard InChI is InChI=1S/C32H30F2N4O3S/c1-21-14-30-24(18-35-38(30)25-13-22(2)31(39)36(3)19-25)15-27(21)32(17-23-7-5-4-6-8-23)11-12-37(20-32)42(40,41)26-9-10-28(33)29(34)16-26/h4-10,13-16,18-19H,11-12,17,20H2,1-3H3. The average Bonchev–Trinajstić information content (AvgIpc) is 3.58. The zero-order chi connectivity index (χ0) is 29.8. The fraction of sp³-hybridized carbons (Fsp3) is 0.250. The lowest BCUT2D eigenvalue weighted by Gasteiger charge is -2.32. The molecule has 216 valence electrons. The molecular formula is C32H30F2N4O3S. The molecule has 0 bridgehead atoms. The van der Waals surface area contributed by atoms with Gasteiger partial charge in [-0.3, -0.25) is 4.79 Å². The Morgan fingerprint density at radius 3 is 2.43 bits per heavy atom. The van der Waals surface area contributed by atoms with Gasteiger partial charge in [-0.25, -0.2) is 21.9 Å². The molecule has 1 saturated heterocycles. The second kappa shape index (κ2) is 10.3. The number of hydrogen-bond acceptors (Lipinski definition) is 4. The van der Waals surface area contributed by atoms with Crippen molar-refractivity contribution in [3.63, 3.8) is 0 Å². The van der Waals surface area contributed by atoms with Crippen LogP contribution in [0.4, 0.5) is 8.78 Å². The van der Waals surface area contributed by atoms with Crippen LogP contribution >= 0.6 is 0 Å². The number of aryl methyl sites for hydroxylation is 3. The number of aromatic nitrogens is 3. The fourth-order valence-electron chi connectivity index (χ4n) is 6.20. The minimum Gasteiger partial charge on any atom is -0.316 e. The Bertz CT molecular complexity index is 1980. The van der Waals surface area contributed by atoms with Crippen LogP contribution in [0, 0.1) is 25.5 Å². The highest BCUT2D eigenvalue weighted by Crippen LogP contribution is 2.42. The first-order valence-electron chi connectivity index (χ1n) is 13.6. The molecule has 5 aromatic rings. The van der Waals surface area contributed by atoms with Gasteiger partial charge in [0, 0.05) is 42.7 Å². The molecule has 10 heteroatoms. The average molecular weight is 589 g/mol. The first kappa shape index (κ1) is 28.0. The molecule has 0 amide bonds. The lowest BCUT2D eigenvalue weighted by molar-refractivity contribution is 0.413. The number of sulfonamides is 1. The summed E-state index contributed by atoms with van der Waals surface area (Å²) in [4.78, 5) is 12.0. The van der Waals surface area contributed by atoms with Gasteiger partial charge in [0.1, 0.15) is 0 Å². The number of pyridine rings is 1. The summed E-state index contributed by atoms with van der Waals surface area (Å²) in [6.45, 7) is 4.21. The summed E-state index contributed by atoms with van der Waals surface area (Å²) in [5.41, 5.74) is 4.67. The van der Waals surface area contributed by atoms with E-state index in [9.17, 15) is 22.0 Å². The van der Waals surface area contributed by atoms with Gasteiger partial charge in [-0.15, -0.1) is 0 Å². The van der Waals surface area contributed by atoms with Crippen LogP contribution in [-0.4, -0.2) is 40.2 Å². The highest BCUT2D eigenvalue weighted by Gasteiger charge is 2.45. The van der Waals surface area contributed by atoms with Gasteiger partial charge in [-0.05, 0) is 79.8 Å². The maximum Gasteiger partial charge on any atom is 0.253 e. The van der Waals surface area contributed by atoms with Gasteiger partial charge in [-0.2, -0.15) is 9.40 Å². The minimum absolute atomic E-state index is 0.0688. The molecule has 2 aromatic heterocycles. The molecule has 0 spiro atoms. The van der Waals surface area contributed by atoms with Crippen LogP contribution in [0.15, 0.2) is 88.8 Å². The number of benzene rings is 3. The van der Waals surface area contributed by atoms with Gasteiger partial charge in [0.05, 0.1) is 22.3 Å². The van der Waals surface area contributed by atoms with Crippen molar-refractivity contribution in [2.45, 2.75) is 37.0 Å². The van der Waals surface area contributed by atoms with Crippen molar-refractivity contribution in [2.24, 2.45) is 7.05 Å². The van der Waals surface area contributed by atoms with E-state index >= 15 is 0 Å². The Hall–Kier alpha value is -4.15. The van der Waals surface area contributed by atoms with Crippen molar-refractivity contribution in [2.75, 3.05) is 13.1 Å². The number of hydrogen-bond donors (Lipinski definition) is 0. The molecule has 1 aliphatic heterocycles. The molecule has 0 radical (unpaired) electrons. The maximum absolute atomic E-state index is 14.0. The van der Waals surface area contributed by atoms with Gasteiger partial charge in [0.25, 0.3) is 5.56 Å². The third-order valence-corrected chi connectivity index (χ3v) is 10.2. The predicted molar refractivity (Wildman–Crippen MR) is 157 cm³/mol. The van der Waals surface area contributed by atoms with E-state index in [-0.39, 0.29) is 23.5 Å². The fourth-order valence-corrected chi connectivity index (χ4v) is 7.74. The van der Waals surface area contributed by atoms with Crippen LogP contribution in [0.5, 0.6) is 0 Å². The zero-order valence-electron chi connectivity index (χ0n) is 23.5. The van der Waals surface area contributed by atoms with Crippen molar-refractivity contribution in [3.05, 3.63) is 123 Å². The van der Waals surface area contributed by atoms with Crippen molar-refractivity contribution in [1.82, 2.24) is 18.7 Å². The van der Waals surface area contributed by atoms with E-state index in [1.54, 1.807) is 31.0 Å². The zero-order valence-corrected chi connectivity index (χ0v) is 24.3. The smallest absolute Gasteiger partial charge is 0.253 e. The monoisotopic (exact) mass is 588 g/mol. The van der Waals surface area contributed by atoms with E-state index in [1.807, 2.05) is 43.3 Å². The third kappa shape index (κ3) is 4.74. The molecule has 1 aliphatic rings. The van der Waals surface area contributed by atoms with E-state index < -0.39 is 27.1 Å². The molecule has 0 saturated carbocycles. The molecule has 0 N–H and O–H groups in total. The Morgan fingerprint density at radius 1 is 0.952 bits per heavy atom. The molecule has 0 aliphatic carbocycles. The lowest BCUT2D eigenvalue weighted by atomic mass is 9.73. The second-order valence-corrected chi connectivity index (χ2v) is 13.1. The Labute approximate surface area is 242 Å². The molecule has 42 heavy (non-hydrogen) atoms. The molecule has 1 fully saturated rings. The summed E-state index contributed by atoms with van der Waals surface area (Å²) >= 11 is 0. The summed E-state index contributed by atoms with van der Waals surface area (Å²) in [6.07, 6.45) is 4.67. The topological polar surface area (TPSA) is 77.2 Å². The summed E-state index contributed by atoms with van der Waals surface area (Å²) in [5, 5.41) is 5.52. The maximum atomic E-state index is 14.0. The van der Waals surface area contributed by atoms with Crippen molar-refractivity contribution >= 4 is 20.9 Å². The van der Waals surface area contributed by atoms with E-state index in [0.29, 0.717) is 18.4 Å². The Kier molecular flexibility index (Phi) is 6.86. The van der Waals surface area contributed by atoms with Gasteiger partial charge in [-0.1, -0.05) is 30.3 Å². The predicted octanol–water partition coefficient (Wildman–Crippen LogP) is 5.19. The van der Waals surface area contributed by atoms with Crippen LogP contribution in [-0.2, 0) is 28.9 Å². The summed E-state index contributed by atoms with van der Waals surface area (Å²) in [6, 6.07) is 18.6. The molecular weight excluding hydrogens is 558 g/mol. The number of fused-ring (bicyclic) bond motifs is 1. The van der Waals surface area contributed by atoms with Gasteiger partial charge < -0.3 is 4.57 Å². The van der Waals surface area contributed by atoms with Gasteiger partial charge >= 0.3 is 0 Å². The van der Waals surface area contributed by atoms with E-state index in [4.69, 9.17) is 0 Å². The number of halogens is 2. The quantitative estimate of drug-likeness (QED) is 0.274. The third-order valence-electron chi connectivity index (χ3n) is 8.31. The summed E-state index contributed by atoms with van der Waals surface area (Å²) in [7, 11) is -2.36. The van der Waals surface area contributed by atoms with Gasteiger partial charge in [0.2, 0.25) is 10.0 Å². The molecule has 6 rings (SSSR count). The molecule has 3 heterocycles. The van der Waals surface area contributed by atoms with Crippen molar-refractivity contribution in [3.8, 4) is 5.69 Å². The largest absolute Gasteiger partial charge is 0.316 e. The molecule has 1 atom stereocenters. The normalized spacial score (nSPS) is 17.7. The van der Waals surface area contributed by atoms with Crippen molar-refractivity contribution < 1.29 is 17.2 Å². The Morgan fingerprint density at radius 2 is 1.71 bits per heavy atom.